The van der Waals surface area contributed by atoms with E-state index >= 15 is 0 Å². The second-order valence-electron chi connectivity index (χ2n) is 7.71. The van der Waals surface area contributed by atoms with Crippen LogP contribution in [0, 0.1) is 16.0 Å². The zero-order valence-electron chi connectivity index (χ0n) is 16.0. The standard InChI is InChI=1S/C19H29N3O5S/c23-13-10-15-6-5-7-17(15)20-18-9-8-16(14-19(18)22(24)25)28(26,27)21-11-3-1-2-4-12-21/h8-9,14-15,17,20,23H,1-7,10-13H2. The van der Waals surface area contributed by atoms with Crippen LogP contribution in [-0.2, 0) is 10.0 Å². The molecule has 1 saturated carbocycles. The van der Waals surface area contributed by atoms with E-state index in [2.05, 4.69) is 5.32 Å². The molecule has 1 aromatic carbocycles. The van der Waals surface area contributed by atoms with Gasteiger partial charge in [-0.25, -0.2) is 8.42 Å². The minimum Gasteiger partial charge on any atom is -0.396 e. The molecule has 1 aromatic rings. The molecule has 156 valence electrons. The fourth-order valence-electron chi connectivity index (χ4n) is 4.31. The van der Waals surface area contributed by atoms with Crippen molar-refractivity contribution in [3.8, 4) is 0 Å². The SMILES string of the molecule is O=[N+]([O-])c1cc(S(=O)(=O)N2CCCCCC2)ccc1NC1CCCC1CCO. The highest BCUT2D eigenvalue weighted by Gasteiger charge is 2.31. The first-order chi connectivity index (χ1) is 13.4. The van der Waals surface area contributed by atoms with E-state index in [9.17, 15) is 23.6 Å². The summed E-state index contributed by atoms with van der Waals surface area (Å²) in [5.41, 5.74) is 0.125. The van der Waals surface area contributed by atoms with Gasteiger partial charge < -0.3 is 10.4 Å². The summed E-state index contributed by atoms with van der Waals surface area (Å²) in [6.07, 6.45) is 7.17. The predicted octanol–water partition coefficient (Wildman–Crippen LogP) is 3.12. The number of anilines is 1. The Bertz CT molecular complexity index is 791. The lowest BCUT2D eigenvalue weighted by Crippen LogP contribution is -2.32. The van der Waals surface area contributed by atoms with E-state index < -0.39 is 14.9 Å². The first kappa shape index (κ1) is 21.0. The van der Waals surface area contributed by atoms with Gasteiger partial charge in [0.15, 0.2) is 0 Å². The lowest BCUT2D eigenvalue weighted by Gasteiger charge is -2.22. The van der Waals surface area contributed by atoms with Crippen LogP contribution in [0.2, 0.25) is 0 Å². The number of nitrogens with zero attached hydrogens (tertiary/aromatic N) is 2. The number of nitro groups is 1. The molecule has 2 N–H and O–H groups in total. The molecule has 0 aromatic heterocycles. The molecule has 0 radical (unpaired) electrons. The van der Waals surface area contributed by atoms with Gasteiger partial charge in [-0.1, -0.05) is 19.3 Å². The largest absolute Gasteiger partial charge is 0.396 e. The van der Waals surface area contributed by atoms with Crippen LogP contribution in [0.1, 0.15) is 51.4 Å². The average Bonchev–Trinajstić information content (AvgIpc) is 2.93. The number of hydrogen-bond donors (Lipinski definition) is 2. The lowest BCUT2D eigenvalue weighted by atomic mass is 9.99. The molecule has 0 bridgehead atoms. The molecule has 0 spiro atoms. The smallest absolute Gasteiger partial charge is 0.293 e. The van der Waals surface area contributed by atoms with Crippen LogP contribution < -0.4 is 5.32 Å². The molecule has 1 heterocycles. The Kier molecular flexibility index (Phi) is 6.90. The van der Waals surface area contributed by atoms with Crippen molar-refractivity contribution in [2.45, 2.75) is 62.3 Å². The fraction of sp³-hybridized carbons (Fsp3) is 0.684. The number of hydrogen-bond acceptors (Lipinski definition) is 6. The van der Waals surface area contributed by atoms with Gasteiger partial charge in [0.25, 0.3) is 5.69 Å². The minimum absolute atomic E-state index is 0.0232. The van der Waals surface area contributed by atoms with Crippen molar-refractivity contribution in [1.29, 1.82) is 0 Å². The highest BCUT2D eigenvalue weighted by atomic mass is 32.2. The molecule has 1 saturated heterocycles. The van der Waals surface area contributed by atoms with Gasteiger partial charge in [-0.2, -0.15) is 4.31 Å². The van der Waals surface area contributed by atoms with Crippen molar-refractivity contribution in [2.24, 2.45) is 5.92 Å². The van der Waals surface area contributed by atoms with Crippen LogP contribution in [0.4, 0.5) is 11.4 Å². The van der Waals surface area contributed by atoms with E-state index in [-0.39, 0.29) is 29.1 Å². The van der Waals surface area contributed by atoms with Crippen LogP contribution in [-0.4, -0.2) is 48.5 Å². The highest BCUT2D eigenvalue weighted by molar-refractivity contribution is 7.89. The number of aliphatic hydroxyl groups excluding tert-OH is 1. The van der Waals surface area contributed by atoms with Crippen LogP contribution >= 0.6 is 0 Å². The number of sulfonamides is 1. The average molecular weight is 412 g/mol. The summed E-state index contributed by atoms with van der Waals surface area (Å²) in [7, 11) is -3.74. The van der Waals surface area contributed by atoms with Crippen molar-refractivity contribution >= 4 is 21.4 Å². The van der Waals surface area contributed by atoms with Gasteiger partial charge in [0.05, 0.1) is 9.82 Å². The summed E-state index contributed by atoms with van der Waals surface area (Å²) in [6.45, 7) is 1.01. The third kappa shape index (κ3) is 4.64. The Morgan fingerprint density at radius 1 is 1.14 bits per heavy atom. The third-order valence-corrected chi connectivity index (χ3v) is 7.76. The van der Waals surface area contributed by atoms with E-state index in [1.54, 1.807) is 0 Å². The molecule has 9 heteroatoms. The maximum Gasteiger partial charge on any atom is 0.293 e. The quantitative estimate of drug-likeness (QED) is 0.526. The van der Waals surface area contributed by atoms with E-state index in [1.807, 2.05) is 0 Å². The molecule has 2 unspecified atom stereocenters. The Morgan fingerprint density at radius 3 is 2.50 bits per heavy atom. The third-order valence-electron chi connectivity index (χ3n) is 5.87. The summed E-state index contributed by atoms with van der Waals surface area (Å²) in [4.78, 5) is 11.1. The molecule has 1 aliphatic carbocycles. The van der Waals surface area contributed by atoms with Crippen molar-refractivity contribution in [3.63, 3.8) is 0 Å². The van der Waals surface area contributed by atoms with Gasteiger partial charge in [0.2, 0.25) is 10.0 Å². The summed E-state index contributed by atoms with van der Waals surface area (Å²) in [5, 5.41) is 24.1. The molecule has 28 heavy (non-hydrogen) atoms. The van der Waals surface area contributed by atoms with Crippen molar-refractivity contribution in [2.75, 3.05) is 25.0 Å². The van der Waals surface area contributed by atoms with E-state index in [1.165, 1.54) is 22.5 Å². The van der Waals surface area contributed by atoms with E-state index in [4.69, 9.17) is 0 Å². The van der Waals surface area contributed by atoms with Crippen LogP contribution in [0.3, 0.4) is 0 Å². The van der Waals surface area contributed by atoms with E-state index in [0.29, 0.717) is 25.2 Å². The molecular formula is C19H29N3O5S. The molecular weight excluding hydrogens is 382 g/mol. The van der Waals surface area contributed by atoms with Crippen molar-refractivity contribution in [1.82, 2.24) is 4.31 Å². The maximum atomic E-state index is 13.0. The lowest BCUT2D eigenvalue weighted by molar-refractivity contribution is -0.384. The molecule has 0 amide bonds. The van der Waals surface area contributed by atoms with Gasteiger partial charge in [-0.05, 0) is 50.2 Å². The van der Waals surface area contributed by atoms with Gasteiger partial charge in [0, 0.05) is 31.8 Å². The van der Waals surface area contributed by atoms with Gasteiger partial charge in [-0.15, -0.1) is 0 Å². The Labute approximate surface area is 166 Å². The van der Waals surface area contributed by atoms with E-state index in [0.717, 1.165) is 44.9 Å². The molecule has 2 fully saturated rings. The van der Waals surface area contributed by atoms with Crippen LogP contribution in [0.15, 0.2) is 23.1 Å². The maximum absolute atomic E-state index is 13.0. The zero-order chi connectivity index (χ0) is 20.1. The fourth-order valence-corrected chi connectivity index (χ4v) is 5.85. The van der Waals surface area contributed by atoms with Crippen LogP contribution in [0.25, 0.3) is 0 Å². The molecule has 8 nitrogen and oxygen atoms in total. The number of nitrogens with one attached hydrogen (secondary N) is 1. The molecule has 2 aliphatic rings. The number of rotatable bonds is 7. The minimum atomic E-state index is -3.74. The molecule has 2 atom stereocenters. The number of nitro benzene ring substituents is 1. The first-order valence-electron chi connectivity index (χ1n) is 10.1. The Balaban J connectivity index is 1.85. The number of benzene rings is 1. The molecule has 1 aliphatic heterocycles. The first-order valence-corrected chi connectivity index (χ1v) is 11.5. The summed E-state index contributed by atoms with van der Waals surface area (Å²) < 4.78 is 27.4. The number of aliphatic hydroxyl groups is 1. The van der Waals surface area contributed by atoms with Crippen molar-refractivity contribution < 1.29 is 18.4 Å². The zero-order valence-corrected chi connectivity index (χ0v) is 16.9. The monoisotopic (exact) mass is 411 g/mol. The second-order valence-corrected chi connectivity index (χ2v) is 9.65. The van der Waals surface area contributed by atoms with Gasteiger partial charge in [-0.3, -0.25) is 10.1 Å². The van der Waals surface area contributed by atoms with Crippen molar-refractivity contribution in [3.05, 3.63) is 28.3 Å². The Hall–Kier alpha value is -1.71. The Morgan fingerprint density at radius 2 is 1.86 bits per heavy atom. The van der Waals surface area contributed by atoms with Crippen LogP contribution in [0.5, 0.6) is 0 Å². The highest BCUT2D eigenvalue weighted by Crippen LogP contribution is 2.35. The summed E-state index contributed by atoms with van der Waals surface area (Å²) in [5.74, 6) is 0.269. The topological polar surface area (TPSA) is 113 Å². The normalized spacial score (nSPS) is 24.0. The second kappa shape index (κ2) is 9.19. The van der Waals surface area contributed by atoms with Gasteiger partial charge >= 0.3 is 0 Å². The van der Waals surface area contributed by atoms with Gasteiger partial charge in [0.1, 0.15) is 5.69 Å². The summed E-state index contributed by atoms with van der Waals surface area (Å²) in [6, 6.07) is 4.21. The predicted molar refractivity (Wildman–Crippen MR) is 107 cm³/mol. The summed E-state index contributed by atoms with van der Waals surface area (Å²) >= 11 is 0. The molecule has 3 rings (SSSR count).